The number of amides is 1. The Morgan fingerprint density at radius 2 is 2.00 bits per heavy atom. The summed E-state index contributed by atoms with van der Waals surface area (Å²) in [6, 6.07) is 6.14. The largest absolute Gasteiger partial charge is 0.312 e. The Labute approximate surface area is 119 Å². The molecular formula is C16H21N3O. The number of nitrogens with one attached hydrogen (secondary N) is 1. The maximum atomic E-state index is 11.5. The Bertz CT molecular complexity index is 543. The van der Waals surface area contributed by atoms with Gasteiger partial charge in [0.25, 0.3) is 0 Å². The molecule has 2 aliphatic rings. The number of hydrazone groups is 1. The van der Waals surface area contributed by atoms with Crippen LogP contribution in [0.4, 0.5) is 11.4 Å². The highest BCUT2D eigenvalue weighted by atomic mass is 16.2. The van der Waals surface area contributed by atoms with Crippen molar-refractivity contribution >= 4 is 23.0 Å². The van der Waals surface area contributed by atoms with Crippen molar-refractivity contribution in [2.75, 3.05) is 16.9 Å². The first-order valence-corrected chi connectivity index (χ1v) is 7.46. The topological polar surface area (TPSA) is 44.7 Å². The molecule has 0 spiro atoms. The zero-order valence-electron chi connectivity index (χ0n) is 12.0. The number of carbonyl (C=O) groups is 1. The van der Waals surface area contributed by atoms with Crippen LogP contribution in [0.3, 0.4) is 0 Å². The average Bonchev–Trinajstić information content (AvgIpc) is 2.89. The molecule has 1 aliphatic carbocycles. The van der Waals surface area contributed by atoms with Gasteiger partial charge in [0, 0.05) is 24.9 Å². The SMILES string of the molecule is CC(=O)N1CCc2cc(NN=C3CCCCC3)ccc21. The van der Waals surface area contributed by atoms with Crippen LogP contribution in [-0.2, 0) is 11.2 Å². The van der Waals surface area contributed by atoms with E-state index in [9.17, 15) is 4.79 Å². The third-order valence-electron chi connectivity index (χ3n) is 4.13. The van der Waals surface area contributed by atoms with Crippen molar-refractivity contribution in [1.29, 1.82) is 0 Å². The first-order valence-electron chi connectivity index (χ1n) is 7.46. The van der Waals surface area contributed by atoms with E-state index in [4.69, 9.17) is 0 Å². The third-order valence-corrected chi connectivity index (χ3v) is 4.13. The van der Waals surface area contributed by atoms with Gasteiger partial charge in [-0.3, -0.25) is 10.2 Å². The van der Waals surface area contributed by atoms with E-state index in [0.29, 0.717) is 0 Å². The maximum absolute atomic E-state index is 11.5. The highest BCUT2D eigenvalue weighted by Gasteiger charge is 2.22. The number of hydrogen-bond donors (Lipinski definition) is 1. The third kappa shape index (κ3) is 2.69. The Kier molecular flexibility index (Phi) is 3.72. The molecule has 0 saturated heterocycles. The Morgan fingerprint density at radius 1 is 1.20 bits per heavy atom. The first kappa shape index (κ1) is 13.2. The van der Waals surface area contributed by atoms with Gasteiger partial charge in [-0.25, -0.2) is 0 Å². The summed E-state index contributed by atoms with van der Waals surface area (Å²) in [5.74, 6) is 0.118. The maximum Gasteiger partial charge on any atom is 0.223 e. The summed E-state index contributed by atoms with van der Waals surface area (Å²) in [5.41, 5.74) is 7.75. The fraction of sp³-hybridized carbons (Fsp3) is 0.500. The minimum absolute atomic E-state index is 0.118. The number of carbonyl (C=O) groups excluding carboxylic acids is 1. The lowest BCUT2D eigenvalue weighted by Gasteiger charge is -2.15. The molecule has 1 fully saturated rings. The van der Waals surface area contributed by atoms with Crippen molar-refractivity contribution in [1.82, 2.24) is 0 Å². The van der Waals surface area contributed by atoms with Crippen LogP contribution >= 0.6 is 0 Å². The minimum Gasteiger partial charge on any atom is -0.312 e. The van der Waals surface area contributed by atoms with E-state index >= 15 is 0 Å². The van der Waals surface area contributed by atoms with Gasteiger partial charge in [-0.05, 0) is 55.9 Å². The van der Waals surface area contributed by atoms with Gasteiger partial charge in [0.15, 0.2) is 0 Å². The predicted octanol–water partition coefficient (Wildman–Crippen LogP) is 3.33. The summed E-state index contributed by atoms with van der Waals surface area (Å²) in [7, 11) is 0. The highest BCUT2D eigenvalue weighted by Crippen LogP contribution is 2.30. The number of fused-ring (bicyclic) bond motifs is 1. The zero-order chi connectivity index (χ0) is 13.9. The summed E-state index contributed by atoms with van der Waals surface area (Å²) in [5, 5.41) is 4.52. The smallest absolute Gasteiger partial charge is 0.223 e. The van der Waals surface area contributed by atoms with Crippen LogP contribution in [0.1, 0.15) is 44.6 Å². The Hall–Kier alpha value is -1.84. The predicted molar refractivity (Wildman–Crippen MR) is 82.3 cm³/mol. The summed E-state index contributed by atoms with van der Waals surface area (Å²) in [6.07, 6.45) is 7.03. The van der Waals surface area contributed by atoms with Gasteiger partial charge in [-0.15, -0.1) is 0 Å². The lowest BCUT2D eigenvalue weighted by molar-refractivity contribution is -0.116. The van der Waals surface area contributed by atoms with Gasteiger partial charge in [-0.1, -0.05) is 6.42 Å². The van der Waals surface area contributed by atoms with E-state index in [2.05, 4.69) is 16.6 Å². The van der Waals surface area contributed by atoms with Crippen molar-refractivity contribution in [2.24, 2.45) is 5.10 Å². The molecule has 0 bridgehead atoms. The molecule has 1 N–H and O–H groups in total. The molecular weight excluding hydrogens is 250 g/mol. The molecule has 4 heteroatoms. The number of nitrogens with zero attached hydrogens (tertiary/aromatic N) is 2. The quantitative estimate of drug-likeness (QED) is 0.839. The van der Waals surface area contributed by atoms with E-state index in [0.717, 1.165) is 37.2 Å². The number of hydrogen-bond acceptors (Lipinski definition) is 3. The average molecular weight is 271 g/mol. The van der Waals surface area contributed by atoms with Crippen molar-refractivity contribution in [3.05, 3.63) is 23.8 Å². The summed E-state index contributed by atoms with van der Waals surface area (Å²) < 4.78 is 0. The van der Waals surface area contributed by atoms with E-state index in [1.54, 1.807) is 6.92 Å². The van der Waals surface area contributed by atoms with Crippen molar-refractivity contribution < 1.29 is 4.79 Å². The van der Waals surface area contributed by atoms with Gasteiger partial charge >= 0.3 is 0 Å². The molecule has 0 atom stereocenters. The fourth-order valence-corrected chi connectivity index (χ4v) is 3.01. The molecule has 0 radical (unpaired) electrons. The highest BCUT2D eigenvalue weighted by molar-refractivity contribution is 5.94. The number of benzene rings is 1. The van der Waals surface area contributed by atoms with Crippen LogP contribution in [0.25, 0.3) is 0 Å². The van der Waals surface area contributed by atoms with Crippen LogP contribution < -0.4 is 10.3 Å². The monoisotopic (exact) mass is 271 g/mol. The van der Waals surface area contributed by atoms with Crippen molar-refractivity contribution in [2.45, 2.75) is 45.4 Å². The standard InChI is InChI=1S/C16H21N3O/c1-12(20)19-10-9-13-11-15(7-8-16(13)19)18-17-14-5-3-2-4-6-14/h7-8,11,18H,2-6,9-10H2,1H3. The van der Waals surface area contributed by atoms with Gasteiger partial charge in [0.1, 0.15) is 0 Å². The first-order chi connectivity index (χ1) is 9.74. The van der Waals surface area contributed by atoms with Gasteiger partial charge in [0.2, 0.25) is 5.91 Å². The molecule has 1 aromatic carbocycles. The Morgan fingerprint density at radius 3 is 2.75 bits per heavy atom. The number of anilines is 2. The molecule has 1 aliphatic heterocycles. The molecule has 20 heavy (non-hydrogen) atoms. The molecule has 0 aromatic heterocycles. The van der Waals surface area contributed by atoms with E-state index in [1.165, 1.54) is 30.5 Å². The van der Waals surface area contributed by atoms with Gasteiger partial charge in [0.05, 0.1) is 5.69 Å². The van der Waals surface area contributed by atoms with Crippen LogP contribution in [0.15, 0.2) is 23.3 Å². The summed E-state index contributed by atoms with van der Waals surface area (Å²) in [4.78, 5) is 13.4. The van der Waals surface area contributed by atoms with E-state index in [-0.39, 0.29) is 5.91 Å². The second-order valence-corrected chi connectivity index (χ2v) is 5.61. The Balaban J connectivity index is 1.72. The van der Waals surface area contributed by atoms with E-state index < -0.39 is 0 Å². The molecule has 1 saturated carbocycles. The van der Waals surface area contributed by atoms with Crippen LogP contribution in [0.5, 0.6) is 0 Å². The van der Waals surface area contributed by atoms with E-state index in [1.807, 2.05) is 17.0 Å². The van der Waals surface area contributed by atoms with Crippen molar-refractivity contribution in [3.8, 4) is 0 Å². The molecule has 1 amide bonds. The molecule has 1 aromatic rings. The lowest BCUT2D eigenvalue weighted by atomic mass is 9.99. The second-order valence-electron chi connectivity index (χ2n) is 5.61. The van der Waals surface area contributed by atoms with Gasteiger partial charge < -0.3 is 4.90 Å². The zero-order valence-corrected chi connectivity index (χ0v) is 12.0. The minimum atomic E-state index is 0.118. The molecule has 4 nitrogen and oxygen atoms in total. The fourth-order valence-electron chi connectivity index (χ4n) is 3.01. The lowest BCUT2D eigenvalue weighted by Crippen LogP contribution is -2.25. The number of rotatable bonds is 2. The van der Waals surface area contributed by atoms with Crippen LogP contribution in [-0.4, -0.2) is 18.2 Å². The van der Waals surface area contributed by atoms with Crippen LogP contribution in [0.2, 0.25) is 0 Å². The van der Waals surface area contributed by atoms with Crippen LogP contribution in [0, 0.1) is 0 Å². The molecule has 106 valence electrons. The molecule has 1 heterocycles. The normalized spacial score (nSPS) is 17.9. The summed E-state index contributed by atoms with van der Waals surface area (Å²) in [6.45, 7) is 2.42. The molecule has 0 unspecified atom stereocenters. The van der Waals surface area contributed by atoms with Crippen molar-refractivity contribution in [3.63, 3.8) is 0 Å². The second kappa shape index (κ2) is 5.65. The van der Waals surface area contributed by atoms with Gasteiger partial charge in [-0.2, -0.15) is 5.10 Å². The molecule has 3 rings (SSSR count). The summed E-state index contributed by atoms with van der Waals surface area (Å²) >= 11 is 0.